The van der Waals surface area contributed by atoms with Crippen LogP contribution >= 0.6 is 0 Å². The Balaban J connectivity index is 0.000000261. The number of hydrogen-bond acceptors (Lipinski definition) is 2. The molecule has 0 fully saturated rings. The van der Waals surface area contributed by atoms with Crippen molar-refractivity contribution in [3.63, 3.8) is 0 Å². The molecular formula is C8H13FN2Sn. The molecule has 0 unspecified atom stereocenters. The van der Waals surface area contributed by atoms with E-state index in [9.17, 15) is 4.39 Å². The van der Waals surface area contributed by atoms with Gasteiger partial charge in [0.2, 0.25) is 0 Å². The molecule has 0 atom stereocenters. The van der Waals surface area contributed by atoms with Gasteiger partial charge in [0.05, 0.1) is 0 Å². The van der Waals surface area contributed by atoms with Gasteiger partial charge in [0.15, 0.2) is 0 Å². The molecule has 0 aliphatic carbocycles. The molecule has 0 aliphatic heterocycles. The van der Waals surface area contributed by atoms with Gasteiger partial charge >= 0.3 is 59.8 Å². The minimum atomic E-state index is -0.261. The minimum absolute atomic E-state index is 0.261. The Bertz CT molecular complexity index is 187. The van der Waals surface area contributed by atoms with Crippen LogP contribution in [-0.2, 0) is 0 Å². The molecule has 2 nitrogen and oxygen atoms in total. The van der Waals surface area contributed by atoms with Crippen molar-refractivity contribution in [2.45, 2.75) is 0 Å². The van der Waals surface area contributed by atoms with Gasteiger partial charge in [-0.1, -0.05) is 0 Å². The Morgan fingerprint density at radius 3 is 2.08 bits per heavy atom. The van der Waals surface area contributed by atoms with E-state index in [1.165, 1.54) is 12.3 Å². The van der Waals surface area contributed by atoms with Crippen LogP contribution in [-0.4, -0.2) is 53.6 Å². The van der Waals surface area contributed by atoms with Crippen LogP contribution in [0.4, 0.5) is 4.39 Å². The van der Waals surface area contributed by atoms with Crippen LogP contribution in [0.25, 0.3) is 0 Å². The zero-order valence-electron chi connectivity index (χ0n) is 7.58. The molecular weight excluding hydrogens is 262 g/mol. The van der Waals surface area contributed by atoms with Gasteiger partial charge in [0, 0.05) is 0 Å². The fourth-order valence-corrected chi connectivity index (χ4v) is 0.875. The van der Waals surface area contributed by atoms with Crippen molar-refractivity contribution in [2.75, 3.05) is 21.1 Å². The summed E-state index contributed by atoms with van der Waals surface area (Å²) in [6, 6.07) is 3.12. The molecule has 0 aromatic carbocycles. The topological polar surface area (TPSA) is 16.1 Å². The summed E-state index contributed by atoms with van der Waals surface area (Å²) >= 11 is 0.953. The van der Waals surface area contributed by atoms with Crippen molar-refractivity contribution in [1.29, 1.82) is 0 Å². The summed E-state index contributed by atoms with van der Waals surface area (Å²) in [6.07, 6.45) is 1.24. The normalized spacial score (nSPS) is 9.17. The van der Waals surface area contributed by atoms with Crippen molar-refractivity contribution < 1.29 is 4.39 Å². The quantitative estimate of drug-likeness (QED) is 0.616. The Kier molecular flexibility index (Phi) is 6.28. The van der Waals surface area contributed by atoms with E-state index in [-0.39, 0.29) is 5.82 Å². The van der Waals surface area contributed by atoms with Gasteiger partial charge < -0.3 is 4.90 Å². The number of aromatic nitrogens is 1. The molecule has 4 heteroatoms. The molecule has 2 radical (unpaired) electrons. The molecule has 0 saturated carbocycles. The molecule has 0 aliphatic rings. The zero-order valence-corrected chi connectivity index (χ0v) is 10.9. The second-order valence-electron chi connectivity index (χ2n) is 2.74. The van der Waals surface area contributed by atoms with E-state index in [1.54, 1.807) is 6.07 Å². The monoisotopic (exact) mass is 276 g/mol. The van der Waals surface area contributed by atoms with Gasteiger partial charge in [-0.15, -0.1) is 0 Å². The Hall–Kier alpha value is -0.161. The summed E-state index contributed by atoms with van der Waals surface area (Å²) in [5, 5.41) is 0. The zero-order chi connectivity index (χ0) is 9.56. The van der Waals surface area contributed by atoms with Gasteiger partial charge in [-0.3, -0.25) is 0 Å². The summed E-state index contributed by atoms with van der Waals surface area (Å²) in [5.41, 5.74) is 0. The van der Waals surface area contributed by atoms with Crippen LogP contribution in [0.15, 0.2) is 18.3 Å². The first-order chi connectivity index (χ1) is 5.52. The van der Waals surface area contributed by atoms with E-state index >= 15 is 0 Å². The summed E-state index contributed by atoms with van der Waals surface area (Å²) in [6.45, 7) is 0. The third-order valence-electron chi connectivity index (χ3n) is 0.750. The summed E-state index contributed by atoms with van der Waals surface area (Å²) < 4.78 is 13.0. The predicted octanol–water partition coefficient (Wildman–Crippen LogP) is -0.0754. The average Bonchev–Trinajstić information content (AvgIpc) is 1.94. The maximum atomic E-state index is 12.0. The molecule has 1 aromatic heterocycles. The molecule has 1 heterocycles. The van der Waals surface area contributed by atoms with Crippen molar-refractivity contribution in [1.82, 2.24) is 9.88 Å². The summed E-state index contributed by atoms with van der Waals surface area (Å²) in [7, 11) is 6.00. The fourth-order valence-electron chi connectivity index (χ4n) is 0.387. The second-order valence-corrected chi connectivity index (χ2v) is 4.43. The number of nitrogens with zero attached hydrogens (tertiary/aromatic N) is 2. The number of halogens is 1. The second kappa shape index (κ2) is 6.37. The Labute approximate surface area is 85.9 Å². The Morgan fingerprint density at radius 2 is 1.83 bits per heavy atom. The van der Waals surface area contributed by atoms with Crippen LogP contribution in [0.1, 0.15) is 0 Å². The SMILES string of the molecule is CN(C)C.Fc1cc[c]([SnH])nc1. The van der Waals surface area contributed by atoms with Crippen LogP contribution in [0.5, 0.6) is 0 Å². The molecule has 0 bridgehead atoms. The number of pyridine rings is 1. The first-order valence-electron chi connectivity index (χ1n) is 3.50. The van der Waals surface area contributed by atoms with Crippen LogP contribution in [0.3, 0.4) is 0 Å². The molecule has 1 aromatic rings. The van der Waals surface area contributed by atoms with Gasteiger partial charge in [-0.2, -0.15) is 0 Å². The van der Waals surface area contributed by atoms with E-state index in [4.69, 9.17) is 0 Å². The molecule has 0 N–H and O–H groups in total. The number of rotatable bonds is 0. The molecule has 0 amide bonds. The van der Waals surface area contributed by atoms with Crippen molar-refractivity contribution in [3.8, 4) is 0 Å². The standard InChI is InChI=1S/C5H3FN.C3H9N.Sn.H/c6-5-2-1-3-7-4-5;1-4(2)3;;/h1-2,4H;1-3H3;;. The van der Waals surface area contributed by atoms with Crippen molar-refractivity contribution in [3.05, 3.63) is 24.1 Å². The van der Waals surface area contributed by atoms with Crippen molar-refractivity contribution in [2.24, 2.45) is 0 Å². The average molecular weight is 275 g/mol. The van der Waals surface area contributed by atoms with Crippen LogP contribution in [0, 0.1) is 5.82 Å². The molecule has 1 rings (SSSR count). The van der Waals surface area contributed by atoms with E-state index in [0.29, 0.717) is 0 Å². The van der Waals surface area contributed by atoms with E-state index in [2.05, 4.69) is 4.98 Å². The summed E-state index contributed by atoms with van der Waals surface area (Å²) in [4.78, 5) is 5.76. The predicted molar refractivity (Wildman–Crippen MR) is 50.6 cm³/mol. The molecule has 12 heavy (non-hydrogen) atoms. The van der Waals surface area contributed by atoms with Gasteiger partial charge in [-0.25, -0.2) is 0 Å². The van der Waals surface area contributed by atoms with E-state index in [1.807, 2.05) is 26.0 Å². The van der Waals surface area contributed by atoms with Crippen LogP contribution < -0.4 is 3.71 Å². The third kappa shape index (κ3) is 7.94. The molecule has 66 valence electrons. The maximum absolute atomic E-state index is 12.0. The molecule has 0 spiro atoms. The Morgan fingerprint density at radius 1 is 1.33 bits per heavy atom. The van der Waals surface area contributed by atoms with Gasteiger partial charge in [0.25, 0.3) is 0 Å². The third-order valence-corrected chi connectivity index (χ3v) is 1.73. The van der Waals surface area contributed by atoms with E-state index < -0.39 is 0 Å². The van der Waals surface area contributed by atoms with E-state index in [0.717, 1.165) is 26.2 Å². The van der Waals surface area contributed by atoms with Gasteiger partial charge in [-0.05, 0) is 21.1 Å². The fraction of sp³-hybridized carbons (Fsp3) is 0.375. The summed E-state index contributed by atoms with van der Waals surface area (Å²) in [5.74, 6) is -0.261. The molecule has 0 saturated heterocycles. The van der Waals surface area contributed by atoms with Gasteiger partial charge in [0.1, 0.15) is 0 Å². The number of hydrogen-bond donors (Lipinski definition) is 0. The first-order valence-corrected chi connectivity index (χ1v) is 5.15. The van der Waals surface area contributed by atoms with Crippen molar-refractivity contribution >= 4 is 26.2 Å². The van der Waals surface area contributed by atoms with Crippen LogP contribution in [0.2, 0.25) is 0 Å². The first kappa shape index (κ1) is 11.8.